The lowest BCUT2D eigenvalue weighted by Crippen LogP contribution is -2.05. The second-order valence-corrected chi connectivity index (χ2v) is 3.67. The summed E-state index contributed by atoms with van der Waals surface area (Å²) in [5, 5.41) is 9.02. The zero-order chi connectivity index (χ0) is 14.4. The van der Waals surface area contributed by atoms with Crippen LogP contribution in [-0.4, -0.2) is 27.3 Å². The summed E-state index contributed by atoms with van der Waals surface area (Å²) >= 11 is 0. The number of hydrogen-bond acceptors (Lipinski definition) is 5. The van der Waals surface area contributed by atoms with Crippen molar-refractivity contribution in [1.29, 1.82) is 5.26 Å². The fraction of sp³-hybridized carbons (Fsp3) is 0.286. The van der Waals surface area contributed by atoms with E-state index in [1.807, 2.05) is 6.07 Å². The van der Waals surface area contributed by atoms with Crippen molar-refractivity contribution in [2.24, 2.45) is 0 Å². The van der Waals surface area contributed by atoms with E-state index in [1.54, 1.807) is 25.1 Å². The van der Waals surface area contributed by atoms with E-state index in [9.17, 15) is 4.79 Å². The van der Waals surface area contributed by atoms with Gasteiger partial charge in [0, 0.05) is 0 Å². The number of ether oxygens (including phenoxy) is 3. The molecule has 0 atom stereocenters. The predicted molar refractivity (Wildman–Crippen MR) is 69.8 cm³/mol. The van der Waals surface area contributed by atoms with Gasteiger partial charge in [-0.15, -0.1) is 0 Å². The van der Waals surface area contributed by atoms with Gasteiger partial charge in [0.05, 0.1) is 21.3 Å². The zero-order valence-corrected chi connectivity index (χ0v) is 11.3. The van der Waals surface area contributed by atoms with E-state index in [1.165, 1.54) is 21.3 Å². The van der Waals surface area contributed by atoms with E-state index in [0.717, 1.165) is 0 Å². The molecule has 0 amide bonds. The third-order valence-electron chi connectivity index (χ3n) is 2.69. The molecule has 0 aromatic heterocycles. The molecule has 1 aromatic rings. The van der Waals surface area contributed by atoms with Crippen LogP contribution in [0.3, 0.4) is 0 Å². The number of rotatable bonds is 4. The van der Waals surface area contributed by atoms with Gasteiger partial charge < -0.3 is 14.2 Å². The summed E-state index contributed by atoms with van der Waals surface area (Å²) in [6, 6.07) is 7.01. The Labute approximate surface area is 112 Å². The number of carbonyl (C=O) groups excluding carboxylic acids is 1. The Kier molecular flexibility index (Phi) is 4.95. The van der Waals surface area contributed by atoms with Gasteiger partial charge in [-0.05, 0) is 30.2 Å². The third-order valence-corrected chi connectivity index (χ3v) is 2.69. The van der Waals surface area contributed by atoms with Gasteiger partial charge in [0.1, 0.15) is 11.6 Å². The molecule has 0 saturated carbocycles. The highest BCUT2D eigenvalue weighted by Gasteiger charge is 2.15. The number of esters is 1. The lowest BCUT2D eigenvalue weighted by molar-refractivity contribution is -0.135. The minimum atomic E-state index is -0.658. The van der Waals surface area contributed by atoms with E-state index in [-0.39, 0.29) is 5.57 Å². The van der Waals surface area contributed by atoms with E-state index in [4.69, 9.17) is 14.7 Å². The summed E-state index contributed by atoms with van der Waals surface area (Å²) in [5.74, 6) is 0.451. The maximum absolute atomic E-state index is 11.5. The molecule has 0 fully saturated rings. The van der Waals surface area contributed by atoms with Gasteiger partial charge in [0.15, 0.2) is 11.5 Å². The smallest absolute Gasteiger partial charge is 0.348 e. The van der Waals surface area contributed by atoms with Crippen molar-refractivity contribution in [3.63, 3.8) is 0 Å². The van der Waals surface area contributed by atoms with Gasteiger partial charge >= 0.3 is 5.97 Å². The maximum atomic E-state index is 11.5. The van der Waals surface area contributed by atoms with Crippen LogP contribution < -0.4 is 9.47 Å². The highest BCUT2D eigenvalue weighted by Crippen LogP contribution is 2.31. The molecule has 1 rings (SSSR count). The summed E-state index contributed by atoms with van der Waals surface area (Å²) in [4.78, 5) is 11.5. The van der Waals surface area contributed by atoms with E-state index in [2.05, 4.69) is 4.74 Å². The van der Waals surface area contributed by atoms with Gasteiger partial charge in [-0.2, -0.15) is 5.26 Å². The molecule has 5 nitrogen and oxygen atoms in total. The molecule has 1 aromatic carbocycles. The topological polar surface area (TPSA) is 68.6 Å². The largest absolute Gasteiger partial charge is 0.493 e. The molecule has 0 spiro atoms. The van der Waals surface area contributed by atoms with Crippen molar-refractivity contribution >= 4 is 11.5 Å². The number of nitrogens with zero attached hydrogens (tertiary/aromatic N) is 1. The minimum absolute atomic E-state index is 0.0327. The standard InChI is InChI=1S/C14H15NO4/c1-9(11(8-15)14(16)19-4)10-5-6-12(17-2)13(7-10)18-3/h5-7H,1-4H3. The van der Waals surface area contributed by atoms with Crippen molar-refractivity contribution in [1.82, 2.24) is 0 Å². The molecular formula is C14H15NO4. The van der Waals surface area contributed by atoms with Crippen molar-refractivity contribution < 1.29 is 19.0 Å². The monoisotopic (exact) mass is 261 g/mol. The van der Waals surface area contributed by atoms with E-state index in [0.29, 0.717) is 22.6 Å². The average Bonchev–Trinajstić information content (AvgIpc) is 2.46. The fourth-order valence-electron chi connectivity index (χ4n) is 1.60. The van der Waals surface area contributed by atoms with Crippen LogP contribution in [0.2, 0.25) is 0 Å². The first-order valence-corrected chi connectivity index (χ1v) is 5.50. The number of nitriles is 1. The lowest BCUT2D eigenvalue weighted by atomic mass is 10.0. The highest BCUT2D eigenvalue weighted by molar-refractivity contribution is 6.01. The zero-order valence-electron chi connectivity index (χ0n) is 11.3. The van der Waals surface area contributed by atoms with Crippen molar-refractivity contribution in [2.45, 2.75) is 6.92 Å². The minimum Gasteiger partial charge on any atom is -0.493 e. The second-order valence-electron chi connectivity index (χ2n) is 3.67. The van der Waals surface area contributed by atoms with Crippen LogP contribution in [0.1, 0.15) is 12.5 Å². The Balaban J connectivity index is 3.34. The molecule has 0 aliphatic carbocycles. The maximum Gasteiger partial charge on any atom is 0.348 e. The summed E-state index contributed by atoms with van der Waals surface area (Å²) in [6.45, 7) is 1.68. The molecule has 0 aliphatic rings. The number of hydrogen-bond donors (Lipinski definition) is 0. The number of carbonyl (C=O) groups is 1. The molecule has 0 unspecified atom stereocenters. The van der Waals surface area contributed by atoms with Crippen molar-refractivity contribution in [2.75, 3.05) is 21.3 Å². The fourth-order valence-corrected chi connectivity index (χ4v) is 1.60. The molecule has 0 bridgehead atoms. The van der Waals surface area contributed by atoms with Crippen LogP contribution in [-0.2, 0) is 9.53 Å². The molecule has 100 valence electrons. The molecule has 0 aliphatic heterocycles. The Hall–Kier alpha value is -2.48. The number of benzene rings is 1. The number of allylic oxidation sites excluding steroid dienone is 1. The normalized spacial score (nSPS) is 11.1. The first-order valence-electron chi connectivity index (χ1n) is 5.50. The van der Waals surface area contributed by atoms with Crippen LogP contribution in [0.5, 0.6) is 11.5 Å². The first-order chi connectivity index (χ1) is 9.08. The first kappa shape index (κ1) is 14.6. The summed E-state index contributed by atoms with van der Waals surface area (Å²) < 4.78 is 14.9. The molecule has 0 radical (unpaired) electrons. The molecule has 19 heavy (non-hydrogen) atoms. The molecule has 0 heterocycles. The average molecular weight is 261 g/mol. The van der Waals surface area contributed by atoms with Crippen LogP contribution in [0, 0.1) is 11.3 Å². The SMILES string of the molecule is COC(=O)C(C#N)=C(C)c1ccc(OC)c(OC)c1. The molecular weight excluding hydrogens is 246 g/mol. The van der Waals surface area contributed by atoms with Gasteiger partial charge in [0.25, 0.3) is 0 Å². The van der Waals surface area contributed by atoms with Gasteiger partial charge in [-0.1, -0.05) is 6.07 Å². The predicted octanol–water partition coefficient (Wildman–Crippen LogP) is 2.17. The quantitative estimate of drug-likeness (QED) is 0.472. The van der Waals surface area contributed by atoms with Crippen LogP contribution in [0.15, 0.2) is 23.8 Å². The van der Waals surface area contributed by atoms with E-state index < -0.39 is 5.97 Å². The lowest BCUT2D eigenvalue weighted by Gasteiger charge is -2.10. The second kappa shape index (κ2) is 6.45. The Morgan fingerprint density at radius 1 is 1.16 bits per heavy atom. The van der Waals surface area contributed by atoms with Crippen molar-refractivity contribution in [3.05, 3.63) is 29.3 Å². The third kappa shape index (κ3) is 3.05. The van der Waals surface area contributed by atoms with Crippen LogP contribution in [0.4, 0.5) is 0 Å². The van der Waals surface area contributed by atoms with E-state index >= 15 is 0 Å². The Bertz CT molecular complexity index is 555. The van der Waals surface area contributed by atoms with Crippen molar-refractivity contribution in [3.8, 4) is 17.6 Å². The Morgan fingerprint density at radius 2 is 1.79 bits per heavy atom. The summed E-state index contributed by atoms with van der Waals surface area (Å²) in [5.41, 5.74) is 1.18. The molecule has 0 saturated heterocycles. The molecule has 0 N–H and O–H groups in total. The Morgan fingerprint density at radius 3 is 2.26 bits per heavy atom. The number of methoxy groups -OCH3 is 3. The van der Waals surface area contributed by atoms with Gasteiger partial charge in [-0.25, -0.2) is 4.79 Å². The summed E-state index contributed by atoms with van der Waals surface area (Å²) in [6.07, 6.45) is 0. The van der Waals surface area contributed by atoms with Gasteiger partial charge in [0.2, 0.25) is 0 Å². The molecule has 5 heteroatoms. The van der Waals surface area contributed by atoms with Crippen LogP contribution >= 0.6 is 0 Å². The van der Waals surface area contributed by atoms with Gasteiger partial charge in [-0.3, -0.25) is 0 Å². The highest BCUT2D eigenvalue weighted by atomic mass is 16.5. The summed E-state index contributed by atoms with van der Waals surface area (Å²) in [7, 11) is 4.29. The van der Waals surface area contributed by atoms with Crippen LogP contribution in [0.25, 0.3) is 5.57 Å².